The van der Waals surface area contributed by atoms with Crippen molar-refractivity contribution in [2.24, 2.45) is 5.41 Å². The first-order chi connectivity index (χ1) is 7.44. The zero-order valence-corrected chi connectivity index (χ0v) is 9.78. The van der Waals surface area contributed by atoms with Gasteiger partial charge in [0.2, 0.25) is 0 Å². The summed E-state index contributed by atoms with van der Waals surface area (Å²) in [6, 6.07) is 0. The number of alkyl halides is 4. The molecule has 0 saturated heterocycles. The Kier molecular flexibility index (Phi) is 3.41. The Morgan fingerprint density at radius 1 is 1.25 bits per heavy atom. The van der Waals surface area contributed by atoms with Crippen molar-refractivity contribution in [3.8, 4) is 0 Å². The average Bonchev–Trinajstić information content (AvgIpc) is 2.66. The fraction of sp³-hybridized carbons (Fsp3) is 1.00. The third-order valence-corrected chi connectivity index (χ3v) is 4.54. The van der Waals surface area contributed by atoms with Gasteiger partial charge in [0.25, 0.3) is 0 Å². The molecule has 2 aliphatic rings. The van der Waals surface area contributed by atoms with Gasteiger partial charge in [-0.15, -0.1) is 11.6 Å². The monoisotopic (exact) mass is 256 g/mol. The van der Waals surface area contributed by atoms with Crippen LogP contribution in [0.15, 0.2) is 0 Å². The van der Waals surface area contributed by atoms with Gasteiger partial charge in [-0.1, -0.05) is 12.8 Å². The summed E-state index contributed by atoms with van der Waals surface area (Å²) in [6.45, 7) is -0.223. The van der Waals surface area contributed by atoms with Gasteiger partial charge in [-0.3, -0.25) is 0 Å². The molecular weight excluding hydrogens is 241 g/mol. The lowest BCUT2D eigenvalue weighted by Crippen LogP contribution is -2.54. The summed E-state index contributed by atoms with van der Waals surface area (Å²) < 4.78 is 41.3. The van der Waals surface area contributed by atoms with E-state index in [0.29, 0.717) is 6.42 Å². The molecule has 5 heteroatoms. The highest BCUT2D eigenvalue weighted by Crippen LogP contribution is 2.57. The van der Waals surface area contributed by atoms with Crippen LogP contribution in [0.2, 0.25) is 0 Å². The zero-order valence-electron chi connectivity index (χ0n) is 9.02. The Hall–Kier alpha value is 0.0400. The smallest absolute Gasteiger partial charge is 0.377 e. The molecule has 0 aliphatic heterocycles. The van der Waals surface area contributed by atoms with E-state index in [1.807, 2.05) is 0 Å². The summed E-state index contributed by atoms with van der Waals surface area (Å²) in [5.74, 6) is 0. The third kappa shape index (κ3) is 2.33. The molecule has 0 aromatic carbocycles. The predicted octanol–water partition coefficient (Wildman–Crippen LogP) is 3.90. The summed E-state index contributed by atoms with van der Waals surface area (Å²) in [4.78, 5) is 0. The van der Waals surface area contributed by atoms with Crippen LogP contribution < -0.4 is 0 Å². The van der Waals surface area contributed by atoms with Gasteiger partial charge in [-0.2, -0.15) is 13.2 Å². The quantitative estimate of drug-likeness (QED) is 0.696. The van der Waals surface area contributed by atoms with Crippen molar-refractivity contribution < 1.29 is 17.9 Å². The molecule has 0 N–H and O–H groups in total. The second-order valence-electron chi connectivity index (χ2n) is 4.87. The minimum atomic E-state index is -4.12. The van der Waals surface area contributed by atoms with E-state index in [1.54, 1.807) is 0 Å². The summed E-state index contributed by atoms with van der Waals surface area (Å²) in [7, 11) is 0. The predicted molar refractivity (Wildman–Crippen MR) is 55.6 cm³/mol. The fourth-order valence-electron chi connectivity index (χ4n) is 2.92. The van der Waals surface area contributed by atoms with Gasteiger partial charge < -0.3 is 4.74 Å². The van der Waals surface area contributed by atoms with Crippen molar-refractivity contribution >= 4 is 11.6 Å². The number of ether oxygens (including phenoxy) is 1. The molecule has 1 spiro atoms. The lowest BCUT2D eigenvalue weighted by atomic mass is 9.64. The molecule has 2 aliphatic carbocycles. The Morgan fingerprint density at radius 2 is 1.88 bits per heavy atom. The van der Waals surface area contributed by atoms with Crippen LogP contribution in [-0.2, 0) is 4.74 Å². The Labute approximate surface area is 98.3 Å². The molecular formula is C11H16ClF3O. The molecule has 2 fully saturated rings. The van der Waals surface area contributed by atoms with Gasteiger partial charge in [0, 0.05) is 10.8 Å². The molecule has 16 heavy (non-hydrogen) atoms. The van der Waals surface area contributed by atoms with Crippen LogP contribution in [-0.4, -0.2) is 24.3 Å². The average molecular weight is 257 g/mol. The molecule has 0 aromatic rings. The standard InChI is InChI=1S/C11H16ClF3O/c12-8-7-9(10(8)3-1-2-4-10)16-6-5-11(13,14)15/h8-9H,1-7H2. The molecule has 2 unspecified atom stereocenters. The first-order valence-electron chi connectivity index (χ1n) is 5.76. The molecule has 0 bridgehead atoms. The molecule has 0 aromatic heterocycles. The van der Waals surface area contributed by atoms with E-state index in [1.165, 1.54) is 0 Å². The molecule has 0 heterocycles. The Bertz CT molecular complexity index is 248. The van der Waals surface area contributed by atoms with E-state index in [-0.39, 0.29) is 23.5 Å². The Balaban J connectivity index is 1.79. The topological polar surface area (TPSA) is 9.23 Å². The van der Waals surface area contributed by atoms with Crippen LogP contribution in [0, 0.1) is 5.41 Å². The number of halogens is 4. The fourth-order valence-corrected chi connectivity index (χ4v) is 3.44. The maximum absolute atomic E-state index is 12.0. The van der Waals surface area contributed by atoms with Gasteiger partial charge in [0.1, 0.15) is 0 Å². The van der Waals surface area contributed by atoms with E-state index < -0.39 is 12.6 Å². The minimum Gasteiger partial charge on any atom is -0.377 e. The summed E-state index contributed by atoms with van der Waals surface area (Å²) in [5, 5.41) is 0.103. The van der Waals surface area contributed by atoms with Crippen LogP contribution in [0.4, 0.5) is 13.2 Å². The van der Waals surface area contributed by atoms with Crippen LogP contribution in [0.1, 0.15) is 38.5 Å². The molecule has 0 radical (unpaired) electrons. The minimum absolute atomic E-state index is 0.00679. The van der Waals surface area contributed by atoms with Crippen molar-refractivity contribution in [1.29, 1.82) is 0 Å². The second-order valence-corrected chi connectivity index (χ2v) is 5.39. The lowest BCUT2D eigenvalue weighted by Gasteiger charge is -2.51. The van der Waals surface area contributed by atoms with Crippen LogP contribution in [0.3, 0.4) is 0 Å². The van der Waals surface area contributed by atoms with Gasteiger partial charge in [0.15, 0.2) is 0 Å². The molecule has 2 atom stereocenters. The number of hydrogen-bond acceptors (Lipinski definition) is 1. The Morgan fingerprint density at radius 3 is 2.38 bits per heavy atom. The van der Waals surface area contributed by atoms with Crippen molar-refractivity contribution in [2.45, 2.75) is 56.2 Å². The summed E-state index contributed by atoms with van der Waals surface area (Å²) in [5.41, 5.74) is -0.00679. The first-order valence-corrected chi connectivity index (χ1v) is 6.20. The maximum atomic E-state index is 12.0. The van der Waals surface area contributed by atoms with E-state index in [9.17, 15) is 13.2 Å². The molecule has 2 saturated carbocycles. The van der Waals surface area contributed by atoms with Gasteiger partial charge in [-0.25, -0.2) is 0 Å². The number of hydrogen-bond donors (Lipinski definition) is 0. The normalized spacial score (nSPS) is 33.0. The highest BCUT2D eigenvalue weighted by molar-refractivity contribution is 6.21. The zero-order chi connectivity index (χ0) is 11.8. The molecule has 1 nitrogen and oxygen atoms in total. The summed E-state index contributed by atoms with van der Waals surface area (Å²) >= 11 is 6.17. The molecule has 2 rings (SSSR count). The second kappa shape index (κ2) is 4.37. The van der Waals surface area contributed by atoms with Gasteiger partial charge in [-0.05, 0) is 19.3 Å². The first kappa shape index (κ1) is 12.5. The van der Waals surface area contributed by atoms with Gasteiger partial charge in [0.05, 0.1) is 19.1 Å². The highest BCUT2D eigenvalue weighted by Gasteiger charge is 2.56. The highest BCUT2D eigenvalue weighted by atomic mass is 35.5. The van der Waals surface area contributed by atoms with Crippen molar-refractivity contribution in [1.82, 2.24) is 0 Å². The maximum Gasteiger partial charge on any atom is 0.391 e. The van der Waals surface area contributed by atoms with E-state index in [4.69, 9.17) is 16.3 Å². The molecule has 0 amide bonds. The van der Waals surface area contributed by atoms with E-state index >= 15 is 0 Å². The van der Waals surface area contributed by atoms with Crippen LogP contribution in [0.25, 0.3) is 0 Å². The summed E-state index contributed by atoms with van der Waals surface area (Å²) in [6.07, 6.45) is -0.0286. The largest absolute Gasteiger partial charge is 0.391 e. The van der Waals surface area contributed by atoms with Crippen molar-refractivity contribution in [3.63, 3.8) is 0 Å². The number of rotatable bonds is 3. The third-order valence-electron chi connectivity index (χ3n) is 3.93. The van der Waals surface area contributed by atoms with Crippen LogP contribution >= 0.6 is 11.6 Å². The molecule has 94 valence electrons. The SMILES string of the molecule is FC(F)(F)CCOC1CC(Cl)C12CCCC2. The van der Waals surface area contributed by atoms with Crippen molar-refractivity contribution in [3.05, 3.63) is 0 Å². The lowest BCUT2D eigenvalue weighted by molar-refractivity contribution is -0.167. The van der Waals surface area contributed by atoms with Gasteiger partial charge >= 0.3 is 6.18 Å². The van der Waals surface area contributed by atoms with Crippen molar-refractivity contribution in [2.75, 3.05) is 6.61 Å². The van der Waals surface area contributed by atoms with E-state index in [2.05, 4.69) is 0 Å². The van der Waals surface area contributed by atoms with Crippen LogP contribution in [0.5, 0.6) is 0 Å². The van der Waals surface area contributed by atoms with E-state index in [0.717, 1.165) is 25.7 Å².